The Bertz CT molecular complexity index is 1670. The second-order valence-electron chi connectivity index (χ2n) is 24.6. The first-order valence-electron chi connectivity index (χ1n) is 33.3. The molecule has 19 heteroatoms. The Balaban J connectivity index is 5.27. The molecule has 0 aliphatic rings. The number of hydrogen-bond acceptors (Lipinski definition) is 15. The van der Waals surface area contributed by atoms with E-state index in [1.54, 1.807) is 0 Å². The maximum Gasteiger partial charge on any atom is 0.472 e. The lowest BCUT2D eigenvalue weighted by Crippen LogP contribution is -2.30. The minimum absolute atomic E-state index is 0.102. The molecule has 0 fully saturated rings. The molecule has 7 atom stereocenters. The van der Waals surface area contributed by atoms with Crippen LogP contribution in [0.2, 0.25) is 0 Å². The average Bonchev–Trinajstić information content (AvgIpc) is 3.44. The fourth-order valence-corrected chi connectivity index (χ4v) is 10.9. The second kappa shape index (κ2) is 54.2. The molecule has 0 aliphatic heterocycles. The van der Waals surface area contributed by atoms with Gasteiger partial charge in [-0.1, -0.05) is 254 Å². The van der Waals surface area contributed by atoms with Crippen LogP contribution in [0, 0.1) is 23.7 Å². The van der Waals surface area contributed by atoms with Crippen molar-refractivity contribution in [2.45, 2.75) is 324 Å². The zero-order valence-electron chi connectivity index (χ0n) is 53.8. The summed E-state index contributed by atoms with van der Waals surface area (Å²) in [4.78, 5) is 72.2. The molecule has 3 N–H and O–H groups in total. The summed E-state index contributed by atoms with van der Waals surface area (Å²) < 4.78 is 68.0. The number of esters is 4. The van der Waals surface area contributed by atoms with Crippen molar-refractivity contribution in [3.8, 4) is 0 Å². The Morgan fingerprint density at radius 1 is 0.337 bits per heavy atom. The van der Waals surface area contributed by atoms with E-state index in [0.717, 1.165) is 120 Å². The highest BCUT2D eigenvalue weighted by molar-refractivity contribution is 7.47. The second-order valence-corrected chi connectivity index (χ2v) is 27.5. The number of carbonyl (C=O) groups excluding carboxylic acids is 4. The Labute approximate surface area is 505 Å². The van der Waals surface area contributed by atoms with Crippen molar-refractivity contribution in [1.29, 1.82) is 0 Å². The highest BCUT2D eigenvalue weighted by Crippen LogP contribution is 2.45. The largest absolute Gasteiger partial charge is 0.472 e. The monoisotopic (exact) mass is 1230 g/mol. The molecule has 0 rings (SSSR count). The number of aliphatic hydroxyl groups is 1. The van der Waals surface area contributed by atoms with Gasteiger partial charge >= 0.3 is 39.5 Å². The molecule has 0 saturated carbocycles. The lowest BCUT2D eigenvalue weighted by Gasteiger charge is -2.21. The SMILES string of the molecule is CCC(C)CCCCCCCCC(=O)OC[C@H](COP(=O)(O)OC[C@H](O)COP(=O)(O)OC[C@@H](COC(=O)CCCCCCCCCCC(C)C)OC(=O)CCCCCCCCC(C)CC)OC(=O)CCCCCCCCCCCC(C)C. The molecular formula is C64H124O17P2. The van der Waals surface area contributed by atoms with E-state index in [0.29, 0.717) is 25.7 Å². The summed E-state index contributed by atoms with van der Waals surface area (Å²) in [5, 5.41) is 10.5. The number of phosphoric ester groups is 2. The van der Waals surface area contributed by atoms with Crippen LogP contribution in [0.5, 0.6) is 0 Å². The number of carbonyl (C=O) groups is 4. The normalized spacial score (nSPS) is 15.1. The van der Waals surface area contributed by atoms with Crippen molar-refractivity contribution >= 4 is 39.5 Å². The summed E-state index contributed by atoms with van der Waals surface area (Å²) in [5.74, 6) is 0.771. The van der Waals surface area contributed by atoms with E-state index >= 15 is 0 Å². The third kappa shape index (κ3) is 56.3. The standard InChI is InChI=1S/C64H124O17P2/c1-9-56(7)42-34-26-20-22-29-37-45-62(67)75-51-59(80-63(68)46-38-30-19-13-11-12-16-24-32-40-54(3)4)52-78-82(70,71)76-48-58(65)49-77-83(72,73)79-53-60(81-64(69)47-39-31-23-21-27-35-43-57(8)10-2)50-74-61(66)44-36-28-18-15-14-17-25-33-41-55(5)6/h54-60,65H,9-53H2,1-8H3,(H,70,71)(H,72,73)/t56?,57?,58-,59+,60+/m0/s1. The number of hydrogen-bond donors (Lipinski definition) is 3. The quantitative estimate of drug-likeness (QED) is 0.0222. The van der Waals surface area contributed by atoms with Gasteiger partial charge in [0.1, 0.15) is 19.3 Å². The highest BCUT2D eigenvalue weighted by Gasteiger charge is 2.30. The molecule has 492 valence electrons. The molecule has 83 heavy (non-hydrogen) atoms. The molecule has 17 nitrogen and oxygen atoms in total. The smallest absolute Gasteiger partial charge is 0.462 e. The number of aliphatic hydroxyl groups excluding tert-OH is 1. The van der Waals surface area contributed by atoms with Crippen LogP contribution in [-0.2, 0) is 65.4 Å². The fraction of sp³-hybridized carbons (Fsp3) is 0.938. The molecule has 0 heterocycles. The van der Waals surface area contributed by atoms with Gasteiger partial charge in [-0.3, -0.25) is 37.3 Å². The number of ether oxygens (including phenoxy) is 4. The molecule has 0 aromatic carbocycles. The molecule has 4 unspecified atom stereocenters. The molecule has 0 aliphatic carbocycles. The van der Waals surface area contributed by atoms with Crippen molar-refractivity contribution in [2.24, 2.45) is 23.7 Å². The first-order valence-corrected chi connectivity index (χ1v) is 36.3. The first-order chi connectivity index (χ1) is 39.7. The predicted molar refractivity (Wildman–Crippen MR) is 331 cm³/mol. The molecule has 0 saturated heterocycles. The van der Waals surface area contributed by atoms with Crippen LogP contribution in [0.1, 0.15) is 306 Å². The third-order valence-electron chi connectivity index (χ3n) is 15.3. The fourth-order valence-electron chi connectivity index (χ4n) is 9.36. The summed E-state index contributed by atoms with van der Waals surface area (Å²) in [5.41, 5.74) is 0. The number of phosphoric acid groups is 2. The van der Waals surface area contributed by atoms with Crippen molar-refractivity contribution in [3.63, 3.8) is 0 Å². The van der Waals surface area contributed by atoms with Crippen molar-refractivity contribution in [2.75, 3.05) is 39.6 Å². The Hall–Kier alpha value is -1.94. The molecule has 0 aromatic heterocycles. The van der Waals surface area contributed by atoms with E-state index in [-0.39, 0.29) is 25.7 Å². The van der Waals surface area contributed by atoms with Crippen LogP contribution in [0.15, 0.2) is 0 Å². The van der Waals surface area contributed by atoms with Crippen LogP contribution >= 0.6 is 15.6 Å². The Kier molecular flexibility index (Phi) is 53.0. The summed E-state index contributed by atoms with van der Waals surface area (Å²) in [6.45, 7) is 13.9. The lowest BCUT2D eigenvalue weighted by molar-refractivity contribution is -0.161. The molecule has 0 spiro atoms. The lowest BCUT2D eigenvalue weighted by atomic mass is 10.00. The van der Waals surface area contributed by atoms with Gasteiger partial charge in [0.2, 0.25) is 0 Å². The maximum absolute atomic E-state index is 13.0. The van der Waals surface area contributed by atoms with E-state index in [9.17, 15) is 43.2 Å². The molecule has 0 aromatic rings. The van der Waals surface area contributed by atoms with Crippen molar-refractivity contribution in [3.05, 3.63) is 0 Å². The van der Waals surface area contributed by atoms with Crippen LogP contribution < -0.4 is 0 Å². The van der Waals surface area contributed by atoms with Crippen LogP contribution in [-0.4, -0.2) is 96.7 Å². The Morgan fingerprint density at radius 3 is 0.855 bits per heavy atom. The zero-order valence-corrected chi connectivity index (χ0v) is 55.6. The Morgan fingerprint density at radius 2 is 0.578 bits per heavy atom. The minimum Gasteiger partial charge on any atom is -0.462 e. The molecule has 0 radical (unpaired) electrons. The van der Waals surface area contributed by atoms with Gasteiger partial charge in [0.05, 0.1) is 26.4 Å². The maximum atomic E-state index is 13.0. The van der Waals surface area contributed by atoms with E-state index in [2.05, 4.69) is 55.4 Å². The minimum atomic E-state index is -4.95. The van der Waals surface area contributed by atoms with Gasteiger partial charge in [-0.15, -0.1) is 0 Å². The first kappa shape index (κ1) is 81.1. The molecular weight excluding hydrogens is 1100 g/mol. The van der Waals surface area contributed by atoms with E-state index in [4.69, 9.17) is 37.0 Å². The zero-order chi connectivity index (χ0) is 61.8. The number of rotatable bonds is 61. The highest BCUT2D eigenvalue weighted by atomic mass is 31.2. The van der Waals surface area contributed by atoms with Crippen LogP contribution in [0.25, 0.3) is 0 Å². The predicted octanol–water partition coefficient (Wildman–Crippen LogP) is 17.4. The summed E-state index contributed by atoms with van der Waals surface area (Å²) in [6.07, 6.45) is 33.6. The van der Waals surface area contributed by atoms with E-state index in [1.165, 1.54) is 103 Å². The average molecular weight is 1230 g/mol. The van der Waals surface area contributed by atoms with Gasteiger partial charge in [0, 0.05) is 25.7 Å². The summed E-state index contributed by atoms with van der Waals surface area (Å²) in [7, 11) is -9.89. The van der Waals surface area contributed by atoms with Gasteiger partial charge in [-0.2, -0.15) is 0 Å². The third-order valence-corrected chi connectivity index (χ3v) is 17.2. The molecule has 0 amide bonds. The van der Waals surface area contributed by atoms with E-state index < -0.39 is 97.5 Å². The van der Waals surface area contributed by atoms with Gasteiger partial charge in [-0.25, -0.2) is 9.13 Å². The van der Waals surface area contributed by atoms with Crippen molar-refractivity contribution < 1.29 is 80.2 Å². The van der Waals surface area contributed by atoms with Gasteiger partial charge in [-0.05, 0) is 49.4 Å². The van der Waals surface area contributed by atoms with Crippen molar-refractivity contribution in [1.82, 2.24) is 0 Å². The van der Waals surface area contributed by atoms with Gasteiger partial charge in [0.15, 0.2) is 12.2 Å². The number of unbranched alkanes of at least 4 members (excludes halogenated alkanes) is 25. The van der Waals surface area contributed by atoms with Crippen LogP contribution in [0.3, 0.4) is 0 Å². The van der Waals surface area contributed by atoms with Gasteiger partial charge < -0.3 is 33.8 Å². The summed E-state index contributed by atoms with van der Waals surface area (Å²) in [6, 6.07) is 0. The van der Waals surface area contributed by atoms with Crippen LogP contribution in [0.4, 0.5) is 0 Å². The van der Waals surface area contributed by atoms with Gasteiger partial charge in [0.25, 0.3) is 0 Å². The van der Waals surface area contributed by atoms with E-state index in [1.807, 2.05) is 0 Å². The summed E-state index contributed by atoms with van der Waals surface area (Å²) >= 11 is 0. The molecule has 0 bridgehead atoms. The topological polar surface area (TPSA) is 237 Å².